The summed E-state index contributed by atoms with van der Waals surface area (Å²) in [5.74, 6) is 0.851. The van der Waals surface area contributed by atoms with Gasteiger partial charge in [-0.25, -0.2) is 0 Å². The van der Waals surface area contributed by atoms with E-state index in [9.17, 15) is 0 Å². The Kier molecular flexibility index (Phi) is 18.9. The molecule has 0 fully saturated rings. The summed E-state index contributed by atoms with van der Waals surface area (Å²) >= 11 is 0. The van der Waals surface area contributed by atoms with Gasteiger partial charge in [-0.2, -0.15) is 0 Å². The average Bonchev–Trinajstić information content (AvgIpc) is 2.51. The van der Waals surface area contributed by atoms with Crippen LogP contribution in [0, 0.1) is 0 Å². The summed E-state index contributed by atoms with van der Waals surface area (Å²) in [5, 5.41) is 6.61. The highest BCUT2D eigenvalue weighted by Crippen LogP contribution is 1.97. The Hall–Kier alpha value is -0.120. The third-order valence-electron chi connectivity index (χ3n) is 3.51. The molecule has 0 rings (SSSR count). The molecule has 7 heteroatoms. The van der Waals surface area contributed by atoms with Crippen LogP contribution in [0.25, 0.3) is 0 Å². The predicted octanol–water partition coefficient (Wildman–Crippen LogP) is 1.55. The number of halogens is 1. The van der Waals surface area contributed by atoms with E-state index in [1.165, 1.54) is 6.42 Å². The molecule has 134 valence electrons. The average molecular weight is 430 g/mol. The summed E-state index contributed by atoms with van der Waals surface area (Å²) in [7, 11) is 5.63. The van der Waals surface area contributed by atoms with Gasteiger partial charge in [0.1, 0.15) is 0 Å². The van der Waals surface area contributed by atoms with Crippen molar-refractivity contribution in [2.24, 2.45) is 4.99 Å². The van der Waals surface area contributed by atoms with Crippen LogP contribution in [0.1, 0.15) is 26.7 Å². The fourth-order valence-electron chi connectivity index (χ4n) is 1.73. The predicted molar refractivity (Wildman–Crippen MR) is 104 cm³/mol. The van der Waals surface area contributed by atoms with E-state index in [2.05, 4.69) is 41.4 Å². The first kappa shape index (κ1) is 24.1. The van der Waals surface area contributed by atoms with Crippen LogP contribution in [0.15, 0.2) is 4.99 Å². The topological polar surface area (TPSA) is 58.1 Å². The second-order valence-electron chi connectivity index (χ2n) is 5.12. The molecule has 0 saturated carbocycles. The van der Waals surface area contributed by atoms with E-state index in [4.69, 9.17) is 9.47 Å². The first-order chi connectivity index (χ1) is 10.2. The molecule has 0 aromatic carbocycles. The standard InChI is InChI=1S/C15H34N4O2.HI/c1-6-14(2)19(4)10-9-18-15(16-3)17-8-7-11-21-13-12-20-5;/h14H,6-13H2,1-5H3,(H2,16,17,18);1H. The molecule has 22 heavy (non-hydrogen) atoms. The Morgan fingerprint density at radius 2 is 1.86 bits per heavy atom. The number of methoxy groups -OCH3 is 1. The van der Waals surface area contributed by atoms with E-state index in [1.807, 2.05) is 0 Å². The fraction of sp³-hybridized carbons (Fsp3) is 0.933. The van der Waals surface area contributed by atoms with Gasteiger partial charge in [0.25, 0.3) is 0 Å². The van der Waals surface area contributed by atoms with Crippen molar-refractivity contribution in [3.05, 3.63) is 0 Å². The lowest BCUT2D eigenvalue weighted by Gasteiger charge is -2.23. The summed E-state index contributed by atoms with van der Waals surface area (Å²) in [6.45, 7) is 9.27. The van der Waals surface area contributed by atoms with Crippen molar-refractivity contribution >= 4 is 29.9 Å². The Labute approximate surface area is 153 Å². The molecule has 0 spiro atoms. The summed E-state index contributed by atoms with van der Waals surface area (Å²) < 4.78 is 10.3. The van der Waals surface area contributed by atoms with E-state index in [1.54, 1.807) is 14.2 Å². The van der Waals surface area contributed by atoms with Crippen LogP contribution in [0.3, 0.4) is 0 Å². The number of guanidine groups is 1. The fourth-order valence-corrected chi connectivity index (χ4v) is 1.73. The van der Waals surface area contributed by atoms with Crippen molar-refractivity contribution in [1.82, 2.24) is 15.5 Å². The second kappa shape index (κ2) is 17.2. The molecule has 0 aliphatic carbocycles. The number of rotatable bonds is 12. The molecule has 2 N–H and O–H groups in total. The number of likely N-dealkylation sites (N-methyl/N-ethyl adjacent to an activating group) is 1. The zero-order valence-corrected chi connectivity index (χ0v) is 17.2. The van der Waals surface area contributed by atoms with Crippen molar-refractivity contribution in [2.75, 3.05) is 60.7 Å². The minimum Gasteiger partial charge on any atom is -0.382 e. The third kappa shape index (κ3) is 13.5. The molecule has 1 atom stereocenters. The first-order valence-electron chi connectivity index (χ1n) is 7.87. The van der Waals surface area contributed by atoms with Crippen molar-refractivity contribution < 1.29 is 9.47 Å². The van der Waals surface area contributed by atoms with E-state index < -0.39 is 0 Å². The number of nitrogens with zero attached hydrogens (tertiary/aromatic N) is 2. The molecular weight excluding hydrogens is 395 g/mol. The number of hydrogen-bond acceptors (Lipinski definition) is 4. The van der Waals surface area contributed by atoms with Crippen LogP contribution in [-0.2, 0) is 9.47 Å². The van der Waals surface area contributed by atoms with Crippen LogP contribution in [-0.4, -0.2) is 77.6 Å². The van der Waals surface area contributed by atoms with E-state index >= 15 is 0 Å². The summed E-state index contributed by atoms with van der Waals surface area (Å²) in [4.78, 5) is 6.56. The quantitative estimate of drug-likeness (QED) is 0.213. The Bertz CT molecular complexity index is 268. The molecule has 0 heterocycles. The van der Waals surface area contributed by atoms with Gasteiger partial charge in [0.2, 0.25) is 0 Å². The first-order valence-corrected chi connectivity index (χ1v) is 7.87. The van der Waals surface area contributed by atoms with Crippen LogP contribution < -0.4 is 10.6 Å². The van der Waals surface area contributed by atoms with Gasteiger partial charge >= 0.3 is 0 Å². The van der Waals surface area contributed by atoms with E-state index in [-0.39, 0.29) is 24.0 Å². The van der Waals surface area contributed by atoms with Gasteiger partial charge in [-0.15, -0.1) is 24.0 Å². The zero-order valence-electron chi connectivity index (χ0n) is 14.9. The van der Waals surface area contributed by atoms with Crippen molar-refractivity contribution in [3.63, 3.8) is 0 Å². The van der Waals surface area contributed by atoms with Crippen LogP contribution in [0.4, 0.5) is 0 Å². The third-order valence-corrected chi connectivity index (χ3v) is 3.51. The molecule has 0 aliphatic heterocycles. The largest absolute Gasteiger partial charge is 0.382 e. The number of nitrogens with one attached hydrogen (secondary N) is 2. The number of hydrogen-bond donors (Lipinski definition) is 2. The van der Waals surface area contributed by atoms with Crippen LogP contribution >= 0.6 is 24.0 Å². The minimum absolute atomic E-state index is 0. The summed E-state index contributed by atoms with van der Waals surface area (Å²) in [5.41, 5.74) is 0. The highest BCUT2D eigenvalue weighted by atomic mass is 127. The second-order valence-corrected chi connectivity index (χ2v) is 5.12. The van der Waals surface area contributed by atoms with Gasteiger partial charge in [0, 0.05) is 46.4 Å². The lowest BCUT2D eigenvalue weighted by Crippen LogP contribution is -2.42. The molecule has 0 aliphatic rings. The molecular formula is C15H35IN4O2. The van der Waals surface area contributed by atoms with E-state index in [0.29, 0.717) is 19.3 Å². The summed E-state index contributed by atoms with van der Waals surface area (Å²) in [6.07, 6.45) is 2.13. The Morgan fingerprint density at radius 1 is 1.18 bits per heavy atom. The molecule has 0 radical (unpaired) electrons. The van der Waals surface area contributed by atoms with Crippen molar-refractivity contribution in [2.45, 2.75) is 32.7 Å². The molecule has 0 bridgehead atoms. The van der Waals surface area contributed by atoms with Crippen molar-refractivity contribution in [3.8, 4) is 0 Å². The highest BCUT2D eigenvalue weighted by molar-refractivity contribution is 14.0. The zero-order chi connectivity index (χ0) is 15.9. The van der Waals surface area contributed by atoms with Gasteiger partial charge in [-0.3, -0.25) is 4.99 Å². The summed E-state index contributed by atoms with van der Waals surface area (Å²) in [6, 6.07) is 0.617. The maximum Gasteiger partial charge on any atom is 0.191 e. The smallest absolute Gasteiger partial charge is 0.191 e. The van der Waals surface area contributed by atoms with Gasteiger partial charge < -0.3 is 25.0 Å². The monoisotopic (exact) mass is 430 g/mol. The van der Waals surface area contributed by atoms with Crippen molar-refractivity contribution in [1.29, 1.82) is 0 Å². The SMILES string of the molecule is CCC(C)N(C)CCNC(=NC)NCCCOCCOC.I. The maximum atomic E-state index is 5.41. The highest BCUT2D eigenvalue weighted by Gasteiger charge is 2.06. The lowest BCUT2D eigenvalue weighted by molar-refractivity contribution is 0.0698. The molecule has 1 unspecified atom stereocenters. The Morgan fingerprint density at radius 3 is 2.45 bits per heavy atom. The van der Waals surface area contributed by atoms with Gasteiger partial charge in [-0.05, 0) is 26.8 Å². The van der Waals surface area contributed by atoms with E-state index in [0.717, 1.165) is 38.6 Å². The molecule has 0 aromatic rings. The van der Waals surface area contributed by atoms with Crippen LogP contribution in [0.2, 0.25) is 0 Å². The minimum atomic E-state index is 0. The normalized spacial score (nSPS) is 12.9. The Balaban J connectivity index is 0. The maximum absolute atomic E-state index is 5.41. The number of aliphatic imine (C=N–C) groups is 1. The number of ether oxygens (including phenoxy) is 2. The van der Waals surface area contributed by atoms with Crippen LogP contribution in [0.5, 0.6) is 0 Å². The lowest BCUT2D eigenvalue weighted by atomic mass is 10.2. The molecule has 0 amide bonds. The van der Waals surface area contributed by atoms with Gasteiger partial charge in [0.05, 0.1) is 13.2 Å². The molecule has 0 aromatic heterocycles. The molecule has 6 nitrogen and oxygen atoms in total. The molecule has 0 saturated heterocycles. The van der Waals surface area contributed by atoms with Gasteiger partial charge in [-0.1, -0.05) is 6.92 Å². The van der Waals surface area contributed by atoms with Gasteiger partial charge in [0.15, 0.2) is 5.96 Å².